The van der Waals surface area contributed by atoms with Gasteiger partial charge in [0, 0.05) is 9.79 Å². The van der Waals surface area contributed by atoms with E-state index < -0.39 is 0 Å². The standard InChI is InChI=1S/C20H21NO3S2/c1-25-18-8-3-2-7-17(18)21-19(22)12-24-20(23)13-26-16-10-9-14-5-4-6-15(14)11-16/h2-3,7-11H,4-6,12-13H2,1H3,(H,21,22). The van der Waals surface area contributed by atoms with Gasteiger partial charge in [0.15, 0.2) is 6.61 Å². The average Bonchev–Trinajstić information content (AvgIpc) is 3.13. The van der Waals surface area contributed by atoms with Crippen LogP contribution < -0.4 is 5.32 Å². The lowest BCUT2D eigenvalue weighted by Crippen LogP contribution is -2.21. The number of rotatable bonds is 7. The van der Waals surface area contributed by atoms with Crippen LogP contribution in [0.5, 0.6) is 0 Å². The SMILES string of the molecule is CSc1ccccc1NC(=O)COC(=O)CSc1ccc2c(c1)CCC2. The molecule has 0 saturated heterocycles. The lowest BCUT2D eigenvalue weighted by atomic mass is 10.1. The van der Waals surface area contributed by atoms with Gasteiger partial charge in [-0.25, -0.2) is 0 Å². The van der Waals surface area contributed by atoms with Crippen molar-refractivity contribution in [1.29, 1.82) is 0 Å². The van der Waals surface area contributed by atoms with Crippen molar-refractivity contribution in [2.45, 2.75) is 29.1 Å². The van der Waals surface area contributed by atoms with Crippen LogP contribution in [-0.2, 0) is 27.2 Å². The topological polar surface area (TPSA) is 55.4 Å². The van der Waals surface area contributed by atoms with Crippen LogP contribution in [-0.4, -0.2) is 30.5 Å². The number of para-hydroxylation sites is 1. The summed E-state index contributed by atoms with van der Waals surface area (Å²) in [7, 11) is 0. The van der Waals surface area contributed by atoms with E-state index in [0.717, 1.165) is 28.3 Å². The molecule has 0 bridgehead atoms. The second kappa shape index (κ2) is 9.14. The highest BCUT2D eigenvalue weighted by Gasteiger charge is 2.13. The van der Waals surface area contributed by atoms with Crippen molar-refractivity contribution in [2.24, 2.45) is 0 Å². The molecular formula is C20H21NO3S2. The highest BCUT2D eigenvalue weighted by Crippen LogP contribution is 2.27. The third kappa shape index (κ3) is 5.05. The molecule has 136 valence electrons. The van der Waals surface area contributed by atoms with E-state index in [1.165, 1.54) is 29.3 Å². The normalized spacial score (nSPS) is 12.5. The molecule has 6 heteroatoms. The molecule has 0 aromatic heterocycles. The molecule has 0 heterocycles. The highest BCUT2D eigenvalue weighted by atomic mass is 32.2. The molecular weight excluding hydrogens is 366 g/mol. The van der Waals surface area contributed by atoms with E-state index in [1.54, 1.807) is 11.8 Å². The number of amides is 1. The highest BCUT2D eigenvalue weighted by molar-refractivity contribution is 8.00. The largest absolute Gasteiger partial charge is 0.455 e. The van der Waals surface area contributed by atoms with E-state index in [2.05, 4.69) is 17.4 Å². The van der Waals surface area contributed by atoms with Crippen molar-refractivity contribution in [2.75, 3.05) is 23.9 Å². The molecule has 4 nitrogen and oxygen atoms in total. The quantitative estimate of drug-likeness (QED) is 0.571. The van der Waals surface area contributed by atoms with Gasteiger partial charge in [0.05, 0.1) is 11.4 Å². The Morgan fingerprint density at radius 3 is 2.77 bits per heavy atom. The number of hydrogen-bond acceptors (Lipinski definition) is 5. The number of anilines is 1. The smallest absolute Gasteiger partial charge is 0.316 e. The first kappa shape index (κ1) is 18.9. The van der Waals surface area contributed by atoms with Crippen molar-refractivity contribution >= 4 is 41.1 Å². The fraction of sp³-hybridized carbons (Fsp3) is 0.300. The van der Waals surface area contributed by atoms with E-state index in [9.17, 15) is 9.59 Å². The predicted molar refractivity (Wildman–Crippen MR) is 107 cm³/mol. The number of benzene rings is 2. The van der Waals surface area contributed by atoms with Crippen molar-refractivity contribution in [1.82, 2.24) is 0 Å². The van der Waals surface area contributed by atoms with Crippen LogP contribution in [0.2, 0.25) is 0 Å². The van der Waals surface area contributed by atoms with Crippen LogP contribution >= 0.6 is 23.5 Å². The maximum absolute atomic E-state index is 12.0. The molecule has 2 aromatic carbocycles. The molecule has 0 fully saturated rings. The van der Waals surface area contributed by atoms with Crippen molar-refractivity contribution in [3.05, 3.63) is 53.6 Å². The van der Waals surface area contributed by atoms with Crippen LogP contribution in [0.4, 0.5) is 5.69 Å². The first-order chi connectivity index (χ1) is 12.7. The summed E-state index contributed by atoms with van der Waals surface area (Å²) in [6.45, 7) is -0.272. The molecule has 26 heavy (non-hydrogen) atoms. The summed E-state index contributed by atoms with van der Waals surface area (Å²) in [5.74, 6) is -0.515. The summed E-state index contributed by atoms with van der Waals surface area (Å²) in [4.78, 5) is 25.9. The Hall–Kier alpha value is -1.92. The fourth-order valence-electron chi connectivity index (χ4n) is 2.90. The minimum atomic E-state index is -0.385. The number of esters is 1. The molecule has 1 aliphatic rings. The van der Waals surface area contributed by atoms with Crippen LogP contribution in [0.15, 0.2) is 52.3 Å². The summed E-state index contributed by atoms with van der Waals surface area (Å²) in [6.07, 6.45) is 5.42. The van der Waals surface area contributed by atoms with E-state index in [0.29, 0.717) is 0 Å². The summed E-state index contributed by atoms with van der Waals surface area (Å²) >= 11 is 3.00. The Bertz CT molecular complexity index is 807. The first-order valence-electron chi connectivity index (χ1n) is 8.49. The maximum atomic E-state index is 12.0. The van der Waals surface area contributed by atoms with Crippen LogP contribution in [0.1, 0.15) is 17.5 Å². The monoisotopic (exact) mass is 387 g/mol. The Labute approximate surface area is 162 Å². The fourth-order valence-corrected chi connectivity index (χ4v) is 4.21. The Morgan fingerprint density at radius 1 is 1.12 bits per heavy atom. The molecule has 0 saturated carbocycles. The third-order valence-electron chi connectivity index (χ3n) is 4.17. The first-order valence-corrected chi connectivity index (χ1v) is 10.7. The third-order valence-corrected chi connectivity index (χ3v) is 5.94. The number of nitrogens with one attached hydrogen (secondary N) is 1. The lowest BCUT2D eigenvalue weighted by molar-refractivity contribution is -0.144. The Balaban J connectivity index is 1.43. The minimum absolute atomic E-state index is 0.202. The zero-order chi connectivity index (χ0) is 18.4. The number of ether oxygens (including phenoxy) is 1. The number of carbonyl (C=O) groups excluding carboxylic acids is 2. The molecule has 0 atom stereocenters. The van der Waals surface area contributed by atoms with Gasteiger partial charge < -0.3 is 10.1 Å². The van der Waals surface area contributed by atoms with Gasteiger partial charge in [-0.2, -0.15) is 0 Å². The van der Waals surface area contributed by atoms with E-state index in [-0.39, 0.29) is 24.2 Å². The van der Waals surface area contributed by atoms with Crippen molar-refractivity contribution in [3.63, 3.8) is 0 Å². The number of carbonyl (C=O) groups is 2. The molecule has 0 radical (unpaired) electrons. The molecule has 1 amide bonds. The summed E-state index contributed by atoms with van der Waals surface area (Å²) in [6, 6.07) is 13.9. The van der Waals surface area contributed by atoms with Gasteiger partial charge in [0.1, 0.15) is 0 Å². The molecule has 0 aliphatic heterocycles. The summed E-state index contributed by atoms with van der Waals surface area (Å²) < 4.78 is 5.09. The molecule has 1 N–H and O–H groups in total. The summed E-state index contributed by atoms with van der Waals surface area (Å²) in [5.41, 5.74) is 3.53. The van der Waals surface area contributed by atoms with Gasteiger partial charge in [0.2, 0.25) is 0 Å². The van der Waals surface area contributed by atoms with Gasteiger partial charge >= 0.3 is 5.97 Å². The van der Waals surface area contributed by atoms with Crippen LogP contribution in [0.25, 0.3) is 0 Å². The second-order valence-corrected chi connectivity index (χ2v) is 7.88. The number of aryl methyl sites for hydroxylation is 2. The van der Waals surface area contributed by atoms with Gasteiger partial charge in [0.25, 0.3) is 5.91 Å². The second-order valence-electron chi connectivity index (χ2n) is 5.98. The lowest BCUT2D eigenvalue weighted by Gasteiger charge is -2.09. The molecule has 2 aromatic rings. The van der Waals surface area contributed by atoms with Crippen LogP contribution in [0.3, 0.4) is 0 Å². The van der Waals surface area contributed by atoms with Gasteiger partial charge in [-0.15, -0.1) is 23.5 Å². The zero-order valence-corrected chi connectivity index (χ0v) is 16.3. The summed E-state index contributed by atoms with van der Waals surface area (Å²) in [5, 5.41) is 2.78. The predicted octanol–water partition coefficient (Wildman–Crippen LogP) is 4.17. The Morgan fingerprint density at radius 2 is 1.92 bits per heavy atom. The Kier molecular flexibility index (Phi) is 6.63. The van der Waals surface area contributed by atoms with E-state index in [4.69, 9.17) is 4.74 Å². The minimum Gasteiger partial charge on any atom is -0.455 e. The maximum Gasteiger partial charge on any atom is 0.316 e. The van der Waals surface area contributed by atoms with Gasteiger partial charge in [-0.3, -0.25) is 9.59 Å². The van der Waals surface area contributed by atoms with Crippen molar-refractivity contribution < 1.29 is 14.3 Å². The van der Waals surface area contributed by atoms with Gasteiger partial charge in [-0.05, 0) is 60.9 Å². The van der Waals surface area contributed by atoms with E-state index >= 15 is 0 Å². The average molecular weight is 388 g/mol. The van der Waals surface area contributed by atoms with Crippen LogP contribution in [0, 0.1) is 0 Å². The number of hydrogen-bond donors (Lipinski definition) is 1. The molecule has 1 aliphatic carbocycles. The zero-order valence-electron chi connectivity index (χ0n) is 14.6. The van der Waals surface area contributed by atoms with Gasteiger partial charge in [-0.1, -0.05) is 18.2 Å². The van der Waals surface area contributed by atoms with E-state index in [1.807, 2.05) is 36.6 Å². The molecule has 0 spiro atoms. The number of thioether (sulfide) groups is 2. The molecule has 0 unspecified atom stereocenters. The van der Waals surface area contributed by atoms with Crippen molar-refractivity contribution in [3.8, 4) is 0 Å². The molecule has 3 rings (SSSR count). The number of fused-ring (bicyclic) bond motifs is 1.